The number of carbonyl (C=O) groups excluding carboxylic acids is 3. The van der Waals surface area contributed by atoms with Gasteiger partial charge >= 0.3 is 6.03 Å². The van der Waals surface area contributed by atoms with Crippen LogP contribution in [0.5, 0.6) is 5.75 Å². The van der Waals surface area contributed by atoms with Crippen LogP contribution in [0.3, 0.4) is 0 Å². The average Bonchev–Trinajstić information content (AvgIpc) is 3.06. The Bertz CT molecular complexity index is 1050. The van der Waals surface area contributed by atoms with Crippen LogP contribution in [0.4, 0.5) is 20.6 Å². The van der Waals surface area contributed by atoms with Gasteiger partial charge in [0.05, 0.1) is 24.4 Å². The Morgan fingerprint density at radius 2 is 1.90 bits per heavy atom. The van der Waals surface area contributed by atoms with Crippen molar-refractivity contribution in [1.29, 1.82) is 0 Å². The Hall–Kier alpha value is -3.88. The molecule has 2 N–H and O–H groups in total. The smallest absolute Gasteiger partial charge is 0.329 e. The number of nitrogens with zero attached hydrogens (tertiary/aromatic N) is 2. The molecule has 1 fully saturated rings. The quantitative estimate of drug-likeness (QED) is 0.806. The lowest BCUT2D eigenvalue weighted by Crippen LogP contribution is -2.65. The number of imide groups is 1. The molecule has 2 aliphatic rings. The van der Waals surface area contributed by atoms with E-state index in [9.17, 15) is 18.8 Å². The highest BCUT2D eigenvalue weighted by Gasteiger charge is 2.49. The zero-order valence-electron chi connectivity index (χ0n) is 16.3. The second-order valence-corrected chi connectivity index (χ2v) is 6.96. The van der Waals surface area contributed by atoms with Crippen LogP contribution < -0.4 is 20.3 Å². The summed E-state index contributed by atoms with van der Waals surface area (Å²) in [6, 6.07) is 9.62. The fourth-order valence-electron chi connectivity index (χ4n) is 3.63. The van der Waals surface area contributed by atoms with E-state index in [1.54, 1.807) is 36.2 Å². The largest absolute Gasteiger partial charge is 0.497 e. The molecule has 4 amide bonds. The number of ether oxygens (including phenoxy) is 1. The van der Waals surface area contributed by atoms with E-state index in [1.165, 1.54) is 37.6 Å². The van der Waals surface area contributed by atoms with Gasteiger partial charge in [0.1, 0.15) is 17.6 Å². The summed E-state index contributed by atoms with van der Waals surface area (Å²) in [6.07, 6.45) is 1.54. The zero-order valence-corrected chi connectivity index (χ0v) is 16.3. The van der Waals surface area contributed by atoms with Gasteiger partial charge in [0.25, 0.3) is 11.8 Å². The van der Waals surface area contributed by atoms with Crippen molar-refractivity contribution in [3.8, 4) is 5.75 Å². The maximum atomic E-state index is 13.2. The lowest BCUT2D eigenvalue weighted by atomic mass is 9.99. The van der Waals surface area contributed by atoms with Crippen molar-refractivity contribution < 1.29 is 23.5 Å². The highest BCUT2D eigenvalue weighted by Crippen LogP contribution is 2.30. The van der Waals surface area contributed by atoms with Gasteiger partial charge in [0.15, 0.2) is 0 Å². The number of amides is 4. The Labute approximate surface area is 171 Å². The molecule has 30 heavy (non-hydrogen) atoms. The van der Waals surface area contributed by atoms with E-state index < -0.39 is 35.7 Å². The van der Waals surface area contributed by atoms with E-state index in [-0.39, 0.29) is 11.3 Å². The third-order valence-corrected chi connectivity index (χ3v) is 5.06. The summed E-state index contributed by atoms with van der Waals surface area (Å²) < 4.78 is 18.4. The summed E-state index contributed by atoms with van der Waals surface area (Å²) in [7, 11) is 3.18. The normalized spacial score (nSPS) is 20.4. The number of anilines is 2. The van der Waals surface area contributed by atoms with Crippen molar-refractivity contribution in [3.63, 3.8) is 0 Å². The van der Waals surface area contributed by atoms with Crippen molar-refractivity contribution >= 4 is 29.2 Å². The third-order valence-electron chi connectivity index (χ3n) is 5.06. The predicted molar refractivity (Wildman–Crippen MR) is 107 cm³/mol. The van der Waals surface area contributed by atoms with Crippen molar-refractivity contribution in [3.05, 3.63) is 66.1 Å². The fourth-order valence-corrected chi connectivity index (χ4v) is 3.63. The van der Waals surface area contributed by atoms with Crippen molar-refractivity contribution in [1.82, 2.24) is 10.2 Å². The SMILES string of the molecule is COc1cccc(NC(=O)C2=CN(C)C3C(=O)N(c4ccc(F)cc4)C(=O)NC23)c1. The highest BCUT2D eigenvalue weighted by molar-refractivity contribution is 6.20. The molecule has 0 spiro atoms. The maximum absolute atomic E-state index is 13.2. The standard InChI is InChI=1S/C21H19FN4O4/c1-25-11-16(19(27)23-13-4-3-5-15(10-13)30-2)17-18(25)20(28)26(21(29)24-17)14-8-6-12(22)7-9-14/h3-11,17-18H,1-2H3,(H,23,27)(H,24,29). The monoisotopic (exact) mass is 410 g/mol. The lowest BCUT2D eigenvalue weighted by molar-refractivity contribution is -0.122. The molecule has 0 saturated carbocycles. The van der Waals surface area contributed by atoms with E-state index >= 15 is 0 Å². The minimum absolute atomic E-state index is 0.250. The van der Waals surface area contributed by atoms with Gasteiger partial charge in [-0.2, -0.15) is 0 Å². The minimum atomic E-state index is -0.808. The van der Waals surface area contributed by atoms with Crippen LogP contribution in [-0.2, 0) is 9.59 Å². The van der Waals surface area contributed by atoms with Gasteiger partial charge in [-0.3, -0.25) is 9.59 Å². The number of halogens is 1. The fraction of sp³-hybridized carbons (Fsp3) is 0.190. The molecule has 0 radical (unpaired) electrons. The van der Waals surface area contributed by atoms with Crippen LogP contribution in [0.15, 0.2) is 60.3 Å². The van der Waals surface area contributed by atoms with Crippen LogP contribution in [0.2, 0.25) is 0 Å². The number of hydrogen-bond acceptors (Lipinski definition) is 5. The summed E-state index contributed by atoms with van der Waals surface area (Å²) in [5, 5.41) is 5.48. The van der Waals surface area contributed by atoms with Crippen LogP contribution in [0.25, 0.3) is 0 Å². The zero-order chi connectivity index (χ0) is 21.4. The Balaban J connectivity index is 1.56. The number of carbonyl (C=O) groups is 3. The van der Waals surface area contributed by atoms with Crippen LogP contribution in [0, 0.1) is 5.82 Å². The highest BCUT2D eigenvalue weighted by atomic mass is 19.1. The van der Waals surface area contributed by atoms with Gasteiger partial charge in [0.2, 0.25) is 0 Å². The molecular weight excluding hydrogens is 391 g/mol. The summed E-state index contributed by atoms with van der Waals surface area (Å²) in [6.45, 7) is 0. The lowest BCUT2D eigenvalue weighted by Gasteiger charge is -2.37. The number of rotatable bonds is 4. The second-order valence-electron chi connectivity index (χ2n) is 6.96. The summed E-state index contributed by atoms with van der Waals surface area (Å²) in [4.78, 5) is 41.1. The number of methoxy groups -OCH3 is 1. The van der Waals surface area contributed by atoms with Crippen molar-refractivity contribution in [2.45, 2.75) is 12.1 Å². The first-order valence-electron chi connectivity index (χ1n) is 9.18. The molecular formula is C21H19FN4O4. The van der Waals surface area contributed by atoms with Gasteiger partial charge in [-0.25, -0.2) is 14.1 Å². The molecule has 2 heterocycles. The first-order chi connectivity index (χ1) is 14.4. The maximum Gasteiger partial charge on any atom is 0.329 e. The van der Waals surface area contributed by atoms with Crippen molar-refractivity contribution in [2.75, 3.05) is 24.4 Å². The number of nitrogens with one attached hydrogen (secondary N) is 2. The summed E-state index contributed by atoms with van der Waals surface area (Å²) in [5.41, 5.74) is 1.03. The Morgan fingerprint density at radius 3 is 2.60 bits per heavy atom. The molecule has 2 atom stereocenters. The first kappa shape index (κ1) is 19.4. The van der Waals surface area contributed by atoms with Gasteiger partial charge in [0, 0.05) is 25.0 Å². The molecule has 0 aliphatic carbocycles. The van der Waals surface area contributed by atoms with Gasteiger partial charge < -0.3 is 20.3 Å². The molecule has 0 bridgehead atoms. The van der Waals surface area contributed by atoms with Crippen LogP contribution in [0.1, 0.15) is 0 Å². The molecule has 1 saturated heterocycles. The number of urea groups is 1. The summed E-state index contributed by atoms with van der Waals surface area (Å²) >= 11 is 0. The van der Waals surface area contributed by atoms with Crippen molar-refractivity contribution in [2.24, 2.45) is 0 Å². The molecule has 2 aliphatic heterocycles. The number of fused-ring (bicyclic) bond motifs is 1. The second kappa shape index (κ2) is 7.51. The topological polar surface area (TPSA) is 91.0 Å². The third kappa shape index (κ3) is 3.34. The summed E-state index contributed by atoms with van der Waals surface area (Å²) in [5.74, 6) is -0.832. The van der Waals surface area contributed by atoms with E-state index in [4.69, 9.17) is 4.74 Å². The molecule has 9 heteroatoms. The number of likely N-dealkylation sites (N-methyl/N-ethyl adjacent to an activating group) is 1. The van der Waals surface area contributed by atoms with Gasteiger partial charge in [-0.15, -0.1) is 0 Å². The molecule has 154 valence electrons. The Kier molecular flexibility index (Phi) is 4.86. The molecule has 2 unspecified atom stereocenters. The first-order valence-corrected chi connectivity index (χ1v) is 9.18. The molecule has 0 aromatic heterocycles. The molecule has 4 rings (SSSR count). The average molecular weight is 410 g/mol. The minimum Gasteiger partial charge on any atom is -0.497 e. The van der Waals surface area contributed by atoms with Crippen LogP contribution in [-0.4, -0.2) is 49.0 Å². The van der Waals surface area contributed by atoms with Crippen LogP contribution >= 0.6 is 0 Å². The molecule has 2 aromatic rings. The van der Waals surface area contributed by atoms with E-state index in [0.29, 0.717) is 11.4 Å². The molecule has 2 aromatic carbocycles. The molecule has 8 nitrogen and oxygen atoms in total. The van der Waals surface area contributed by atoms with E-state index in [1.807, 2.05) is 0 Å². The Morgan fingerprint density at radius 1 is 1.17 bits per heavy atom. The predicted octanol–water partition coefficient (Wildman–Crippen LogP) is 2.10. The number of hydrogen-bond donors (Lipinski definition) is 2. The number of benzene rings is 2. The van der Waals surface area contributed by atoms with Gasteiger partial charge in [-0.1, -0.05) is 6.07 Å². The van der Waals surface area contributed by atoms with Gasteiger partial charge in [-0.05, 0) is 36.4 Å². The van der Waals surface area contributed by atoms with E-state index in [0.717, 1.165) is 4.90 Å². The van der Waals surface area contributed by atoms with E-state index in [2.05, 4.69) is 10.6 Å².